The molecule has 156 valence electrons. The molecule has 0 bridgehead atoms. The first-order chi connectivity index (χ1) is 14.5. The number of aromatic nitrogens is 4. The summed E-state index contributed by atoms with van der Waals surface area (Å²) in [6.07, 6.45) is 5.24. The third-order valence-corrected chi connectivity index (χ3v) is 5.07. The molecule has 4 rings (SSSR count). The summed E-state index contributed by atoms with van der Waals surface area (Å²) in [6, 6.07) is 6.38. The van der Waals surface area contributed by atoms with Crippen molar-refractivity contribution >= 4 is 0 Å². The van der Waals surface area contributed by atoms with Crippen LogP contribution in [-0.2, 0) is 0 Å². The van der Waals surface area contributed by atoms with Gasteiger partial charge in [-0.3, -0.25) is 14.3 Å². The average Bonchev–Trinajstić information content (AvgIpc) is 3.52. The molecule has 2 unspecified atom stereocenters. The number of rotatable bonds is 7. The van der Waals surface area contributed by atoms with Crippen molar-refractivity contribution in [2.75, 3.05) is 13.7 Å². The SMILES string of the molecule is COc1ccc(C2CC2COc2nc(C)ncc2-c2ccc(=O)n(C(F)F)c2)nc1. The molecule has 1 fully saturated rings. The second-order valence-corrected chi connectivity index (χ2v) is 7.11. The van der Waals surface area contributed by atoms with Gasteiger partial charge >= 0.3 is 6.55 Å². The maximum absolute atomic E-state index is 13.1. The van der Waals surface area contributed by atoms with Crippen molar-refractivity contribution in [3.63, 3.8) is 0 Å². The van der Waals surface area contributed by atoms with Crippen LogP contribution in [0.3, 0.4) is 0 Å². The summed E-state index contributed by atoms with van der Waals surface area (Å²) in [4.78, 5) is 24.5. The van der Waals surface area contributed by atoms with E-state index in [1.165, 1.54) is 12.3 Å². The van der Waals surface area contributed by atoms with Crippen LogP contribution in [-0.4, -0.2) is 33.2 Å². The van der Waals surface area contributed by atoms with Gasteiger partial charge in [0.25, 0.3) is 5.56 Å². The van der Waals surface area contributed by atoms with Gasteiger partial charge in [0.2, 0.25) is 5.88 Å². The number of methoxy groups -OCH3 is 1. The van der Waals surface area contributed by atoms with Crippen LogP contribution in [0, 0.1) is 12.8 Å². The molecule has 3 aromatic rings. The van der Waals surface area contributed by atoms with E-state index in [1.807, 2.05) is 12.1 Å². The summed E-state index contributed by atoms with van der Waals surface area (Å²) >= 11 is 0. The Morgan fingerprint density at radius 1 is 1.20 bits per heavy atom. The number of hydrogen-bond acceptors (Lipinski definition) is 6. The number of pyridine rings is 2. The highest BCUT2D eigenvalue weighted by atomic mass is 19.3. The number of nitrogens with zero attached hydrogens (tertiary/aromatic N) is 4. The van der Waals surface area contributed by atoms with Gasteiger partial charge in [-0.05, 0) is 31.5 Å². The zero-order valence-corrected chi connectivity index (χ0v) is 16.5. The fourth-order valence-electron chi connectivity index (χ4n) is 3.28. The van der Waals surface area contributed by atoms with Crippen molar-refractivity contribution in [2.24, 2.45) is 5.92 Å². The van der Waals surface area contributed by atoms with Crippen molar-refractivity contribution in [3.8, 4) is 22.8 Å². The van der Waals surface area contributed by atoms with Gasteiger partial charge in [0, 0.05) is 41.6 Å². The highest BCUT2D eigenvalue weighted by Crippen LogP contribution is 2.47. The molecular formula is C21H20F2N4O3. The number of ether oxygens (including phenoxy) is 2. The highest BCUT2D eigenvalue weighted by Gasteiger charge is 2.40. The van der Waals surface area contributed by atoms with Crippen LogP contribution in [0.25, 0.3) is 11.1 Å². The minimum absolute atomic E-state index is 0.282. The van der Waals surface area contributed by atoms with Crippen LogP contribution < -0.4 is 15.0 Å². The van der Waals surface area contributed by atoms with Gasteiger partial charge in [-0.25, -0.2) is 4.98 Å². The first-order valence-electron chi connectivity index (χ1n) is 9.43. The standard InChI is InChI=1S/C21H20F2N4O3/c1-12-24-9-17(13-3-6-19(28)27(10-13)21(22)23)20(26-12)30-11-14-7-16(14)18-5-4-15(29-2)8-25-18/h3-6,8-10,14,16,21H,7,11H2,1-2H3. The third kappa shape index (κ3) is 4.14. The Bertz CT molecular complexity index is 1100. The molecule has 0 amide bonds. The molecule has 9 heteroatoms. The molecule has 0 aliphatic heterocycles. The second kappa shape index (κ2) is 8.17. The molecule has 3 aromatic heterocycles. The summed E-state index contributed by atoms with van der Waals surface area (Å²) in [5, 5.41) is 0. The van der Waals surface area contributed by atoms with E-state index in [-0.39, 0.29) is 5.92 Å². The van der Waals surface area contributed by atoms with Crippen LogP contribution >= 0.6 is 0 Å². The van der Waals surface area contributed by atoms with E-state index in [0.717, 1.165) is 24.4 Å². The topological polar surface area (TPSA) is 79.1 Å². The average molecular weight is 414 g/mol. The van der Waals surface area contributed by atoms with Gasteiger partial charge in [0.15, 0.2) is 0 Å². The monoisotopic (exact) mass is 414 g/mol. The maximum Gasteiger partial charge on any atom is 0.321 e. The van der Waals surface area contributed by atoms with Gasteiger partial charge in [0.1, 0.15) is 11.6 Å². The Morgan fingerprint density at radius 2 is 2.03 bits per heavy atom. The van der Waals surface area contributed by atoms with Gasteiger partial charge in [-0.2, -0.15) is 13.8 Å². The maximum atomic E-state index is 13.1. The molecule has 2 atom stereocenters. The van der Waals surface area contributed by atoms with Crippen molar-refractivity contribution in [2.45, 2.75) is 25.8 Å². The molecule has 1 saturated carbocycles. The molecule has 0 aromatic carbocycles. The van der Waals surface area contributed by atoms with Crippen molar-refractivity contribution in [3.05, 3.63) is 64.7 Å². The summed E-state index contributed by atoms with van der Waals surface area (Å²) < 4.78 is 37.6. The molecule has 1 aliphatic carbocycles. The fraction of sp³-hybridized carbons (Fsp3) is 0.333. The molecule has 0 N–H and O–H groups in total. The molecule has 0 spiro atoms. The van der Waals surface area contributed by atoms with Crippen molar-refractivity contribution in [1.82, 2.24) is 19.5 Å². The predicted octanol–water partition coefficient (Wildman–Crippen LogP) is 3.59. The smallest absolute Gasteiger partial charge is 0.321 e. The number of halogens is 2. The van der Waals surface area contributed by atoms with Gasteiger partial charge < -0.3 is 9.47 Å². The van der Waals surface area contributed by atoms with Crippen LogP contribution in [0.5, 0.6) is 11.6 Å². The largest absolute Gasteiger partial charge is 0.495 e. The molecule has 3 heterocycles. The molecule has 7 nitrogen and oxygen atoms in total. The predicted molar refractivity (Wildman–Crippen MR) is 105 cm³/mol. The van der Waals surface area contributed by atoms with Gasteiger partial charge in [-0.1, -0.05) is 0 Å². The van der Waals surface area contributed by atoms with Crippen LogP contribution in [0.4, 0.5) is 8.78 Å². The fourth-order valence-corrected chi connectivity index (χ4v) is 3.28. The first-order valence-corrected chi connectivity index (χ1v) is 9.43. The lowest BCUT2D eigenvalue weighted by Crippen LogP contribution is -2.19. The Labute approximate surface area is 171 Å². The highest BCUT2D eigenvalue weighted by molar-refractivity contribution is 5.66. The normalized spacial score (nSPS) is 17.8. The minimum atomic E-state index is -2.93. The second-order valence-electron chi connectivity index (χ2n) is 7.11. The van der Waals surface area contributed by atoms with Crippen LogP contribution in [0.2, 0.25) is 0 Å². The minimum Gasteiger partial charge on any atom is -0.495 e. The van der Waals surface area contributed by atoms with E-state index >= 15 is 0 Å². The Morgan fingerprint density at radius 3 is 2.73 bits per heavy atom. The van der Waals surface area contributed by atoms with E-state index < -0.39 is 12.1 Å². The van der Waals surface area contributed by atoms with Crippen LogP contribution in [0.15, 0.2) is 47.7 Å². The number of hydrogen-bond donors (Lipinski definition) is 0. The van der Waals surface area contributed by atoms with E-state index in [0.29, 0.717) is 45.7 Å². The van der Waals surface area contributed by atoms with Gasteiger partial charge in [0.05, 0.1) is 25.5 Å². The lowest BCUT2D eigenvalue weighted by molar-refractivity contribution is 0.0665. The molecular weight excluding hydrogens is 394 g/mol. The lowest BCUT2D eigenvalue weighted by Gasteiger charge is -2.12. The van der Waals surface area contributed by atoms with E-state index in [9.17, 15) is 13.6 Å². The van der Waals surface area contributed by atoms with Crippen molar-refractivity contribution < 1.29 is 18.3 Å². The summed E-state index contributed by atoms with van der Waals surface area (Å²) in [7, 11) is 1.60. The van der Waals surface area contributed by atoms with E-state index in [2.05, 4.69) is 15.0 Å². The molecule has 0 saturated heterocycles. The Kier molecular flexibility index (Phi) is 5.43. The number of alkyl halides is 2. The summed E-state index contributed by atoms with van der Waals surface area (Å²) in [5.74, 6) is 2.08. The lowest BCUT2D eigenvalue weighted by atomic mass is 10.1. The molecule has 30 heavy (non-hydrogen) atoms. The number of aryl methyl sites for hydroxylation is 1. The van der Waals surface area contributed by atoms with E-state index in [1.54, 1.807) is 20.2 Å². The summed E-state index contributed by atoms with van der Waals surface area (Å²) in [5.41, 5.74) is 1.04. The van der Waals surface area contributed by atoms with E-state index in [4.69, 9.17) is 9.47 Å². The molecule has 1 aliphatic rings. The summed E-state index contributed by atoms with van der Waals surface area (Å²) in [6.45, 7) is -0.800. The first kappa shape index (κ1) is 19.9. The Hall–Kier alpha value is -3.36. The zero-order valence-electron chi connectivity index (χ0n) is 16.5. The van der Waals surface area contributed by atoms with Crippen molar-refractivity contribution in [1.29, 1.82) is 0 Å². The zero-order chi connectivity index (χ0) is 21.3. The molecule has 0 radical (unpaired) electrons. The third-order valence-electron chi connectivity index (χ3n) is 5.07. The van der Waals surface area contributed by atoms with Gasteiger partial charge in [-0.15, -0.1) is 0 Å². The quantitative estimate of drug-likeness (QED) is 0.588. The Balaban J connectivity index is 1.51. The van der Waals surface area contributed by atoms with Crippen LogP contribution in [0.1, 0.15) is 30.4 Å².